The lowest BCUT2D eigenvalue weighted by Crippen LogP contribution is -2.33. The molecule has 0 saturated carbocycles. The lowest BCUT2D eigenvalue weighted by atomic mass is 10.2. The molecule has 1 aliphatic rings. The summed E-state index contributed by atoms with van der Waals surface area (Å²) in [6.07, 6.45) is -0.0807. The Morgan fingerprint density at radius 2 is 2.16 bits per heavy atom. The first-order chi connectivity index (χ1) is 8.81. The van der Waals surface area contributed by atoms with Gasteiger partial charge in [-0.1, -0.05) is 0 Å². The summed E-state index contributed by atoms with van der Waals surface area (Å²) in [6.45, 7) is 5.89. The van der Waals surface area contributed by atoms with Gasteiger partial charge in [-0.2, -0.15) is 0 Å². The van der Waals surface area contributed by atoms with Crippen LogP contribution < -0.4 is 5.32 Å². The highest BCUT2D eigenvalue weighted by Gasteiger charge is 2.26. The Hall–Kier alpha value is -1.79. The topological polar surface area (TPSA) is 86.2 Å². The second kappa shape index (κ2) is 6.40. The van der Waals surface area contributed by atoms with E-state index >= 15 is 0 Å². The highest BCUT2D eigenvalue weighted by molar-refractivity contribution is 5.85. The van der Waals surface area contributed by atoms with Crippen LogP contribution in [0.2, 0.25) is 0 Å². The number of aliphatic imine (C=N–C) groups is 1. The number of hydrogen-bond donors (Lipinski definition) is 1. The molecule has 1 amide bonds. The third-order valence-electron chi connectivity index (χ3n) is 2.19. The number of hydrogen-bond acceptors (Lipinski definition) is 6. The summed E-state index contributed by atoms with van der Waals surface area (Å²) < 4.78 is 14.9. The maximum Gasteiger partial charge on any atom is 0.407 e. The summed E-state index contributed by atoms with van der Waals surface area (Å²) in [5.74, 6) is 0.0153. The molecule has 1 N–H and O–H groups in total. The van der Waals surface area contributed by atoms with Crippen LogP contribution in [0.1, 0.15) is 27.2 Å². The predicted molar refractivity (Wildman–Crippen MR) is 68.0 cm³/mol. The van der Waals surface area contributed by atoms with Gasteiger partial charge in [0.1, 0.15) is 12.2 Å². The van der Waals surface area contributed by atoms with Crippen LogP contribution >= 0.6 is 0 Å². The summed E-state index contributed by atoms with van der Waals surface area (Å²) in [7, 11) is 1.31. The Morgan fingerprint density at radius 3 is 2.74 bits per heavy atom. The normalized spacial score (nSPS) is 18.3. The van der Waals surface area contributed by atoms with Crippen LogP contribution in [0.25, 0.3) is 0 Å². The zero-order chi connectivity index (χ0) is 14.5. The van der Waals surface area contributed by atoms with Crippen molar-refractivity contribution >= 4 is 18.0 Å². The molecule has 0 bridgehead atoms. The van der Waals surface area contributed by atoms with Crippen molar-refractivity contribution < 1.29 is 23.8 Å². The summed E-state index contributed by atoms with van der Waals surface area (Å²) in [5, 5.41) is 2.59. The van der Waals surface area contributed by atoms with Gasteiger partial charge in [-0.05, 0) is 20.8 Å². The number of ether oxygens (including phenoxy) is 3. The van der Waals surface area contributed by atoms with Gasteiger partial charge in [0.2, 0.25) is 0 Å². The lowest BCUT2D eigenvalue weighted by Gasteiger charge is -2.19. The third kappa shape index (κ3) is 5.58. The van der Waals surface area contributed by atoms with E-state index in [2.05, 4.69) is 15.0 Å². The quantitative estimate of drug-likeness (QED) is 0.767. The van der Waals surface area contributed by atoms with Crippen LogP contribution in [0.15, 0.2) is 4.99 Å². The minimum atomic E-state index is -0.596. The minimum absolute atomic E-state index is 0.189. The molecule has 0 fully saturated rings. The van der Waals surface area contributed by atoms with Gasteiger partial charge in [-0.3, -0.25) is 0 Å². The highest BCUT2D eigenvalue weighted by Crippen LogP contribution is 2.09. The molecule has 1 atom stereocenters. The van der Waals surface area contributed by atoms with Crippen LogP contribution in [0.4, 0.5) is 4.79 Å². The first-order valence-electron chi connectivity index (χ1n) is 6.06. The molecule has 108 valence electrons. The maximum absolute atomic E-state index is 11.4. The zero-order valence-electron chi connectivity index (χ0n) is 11.7. The Labute approximate surface area is 112 Å². The van der Waals surface area contributed by atoms with E-state index in [1.54, 1.807) is 20.8 Å². The van der Waals surface area contributed by atoms with E-state index in [0.717, 1.165) is 0 Å². The number of carbonyl (C=O) groups excluding carboxylic acids is 2. The van der Waals surface area contributed by atoms with Gasteiger partial charge in [0, 0.05) is 13.0 Å². The average Bonchev–Trinajstić information content (AvgIpc) is 2.74. The van der Waals surface area contributed by atoms with Crippen molar-refractivity contribution in [1.29, 1.82) is 0 Å². The number of nitrogens with zero attached hydrogens (tertiary/aromatic N) is 1. The van der Waals surface area contributed by atoms with Crippen molar-refractivity contribution in [2.75, 3.05) is 20.3 Å². The van der Waals surface area contributed by atoms with Crippen LogP contribution in [0, 0.1) is 0 Å². The molecule has 0 unspecified atom stereocenters. The Morgan fingerprint density at radius 1 is 1.47 bits per heavy atom. The fraction of sp³-hybridized carbons (Fsp3) is 0.750. The number of alkyl carbamates (subject to hydrolysis) is 1. The monoisotopic (exact) mass is 272 g/mol. The molecule has 0 aromatic carbocycles. The van der Waals surface area contributed by atoms with E-state index in [0.29, 0.717) is 18.9 Å². The SMILES string of the molecule is COC(=O)[C@H]1COC(CCNC(=O)OC(C)(C)C)=N1. The molecule has 0 spiro atoms. The van der Waals surface area contributed by atoms with Crippen LogP contribution in [0.5, 0.6) is 0 Å². The van der Waals surface area contributed by atoms with Crippen molar-refractivity contribution in [1.82, 2.24) is 5.32 Å². The molecule has 0 aromatic heterocycles. The van der Waals surface area contributed by atoms with Gasteiger partial charge in [0.15, 0.2) is 11.9 Å². The lowest BCUT2D eigenvalue weighted by molar-refractivity contribution is -0.142. The fourth-order valence-electron chi connectivity index (χ4n) is 1.40. The molecule has 0 aliphatic carbocycles. The van der Waals surface area contributed by atoms with Gasteiger partial charge >= 0.3 is 12.1 Å². The van der Waals surface area contributed by atoms with Crippen molar-refractivity contribution in [3.63, 3.8) is 0 Å². The molecule has 0 radical (unpaired) electrons. The molecule has 1 heterocycles. The molecule has 0 saturated heterocycles. The van der Waals surface area contributed by atoms with E-state index in [1.807, 2.05) is 0 Å². The predicted octanol–water partition coefficient (Wildman–Crippen LogP) is 0.871. The van der Waals surface area contributed by atoms with Gasteiger partial charge < -0.3 is 19.5 Å². The zero-order valence-corrected chi connectivity index (χ0v) is 11.7. The molecule has 1 aliphatic heterocycles. The van der Waals surface area contributed by atoms with Crippen molar-refractivity contribution in [2.24, 2.45) is 4.99 Å². The number of esters is 1. The van der Waals surface area contributed by atoms with E-state index in [-0.39, 0.29) is 6.61 Å². The molecule has 7 heteroatoms. The van der Waals surface area contributed by atoms with Crippen molar-refractivity contribution in [2.45, 2.75) is 38.8 Å². The maximum atomic E-state index is 11.4. The Bertz CT molecular complexity index is 373. The number of amides is 1. The highest BCUT2D eigenvalue weighted by atomic mass is 16.6. The standard InChI is InChI=1S/C12H20N2O5/c1-12(2,3)19-11(16)13-6-5-9-14-8(7-18-9)10(15)17-4/h8H,5-7H2,1-4H3,(H,13,16)/t8-/m1/s1. The van der Waals surface area contributed by atoms with E-state index in [9.17, 15) is 9.59 Å². The molecule has 7 nitrogen and oxygen atoms in total. The fourth-order valence-corrected chi connectivity index (χ4v) is 1.40. The van der Waals surface area contributed by atoms with Crippen LogP contribution in [-0.4, -0.2) is 49.9 Å². The number of methoxy groups -OCH3 is 1. The first-order valence-corrected chi connectivity index (χ1v) is 6.06. The molecule has 19 heavy (non-hydrogen) atoms. The molecular formula is C12H20N2O5. The second-order valence-electron chi connectivity index (χ2n) is 5.05. The van der Waals surface area contributed by atoms with E-state index in [1.165, 1.54) is 7.11 Å². The number of carbonyl (C=O) groups is 2. The average molecular weight is 272 g/mol. The summed E-state index contributed by atoms with van der Waals surface area (Å²) in [4.78, 5) is 26.6. The summed E-state index contributed by atoms with van der Waals surface area (Å²) >= 11 is 0. The van der Waals surface area contributed by atoms with Gasteiger partial charge in [-0.25, -0.2) is 14.6 Å². The molecular weight excluding hydrogens is 252 g/mol. The van der Waals surface area contributed by atoms with Gasteiger partial charge in [-0.15, -0.1) is 0 Å². The van der Waals surface area contributed by atoms with Crippen LogP contribution in [0.3, 0.4) is 0 Å². The van der Waals surface area contributed by atoms with Gasteiger partial charge in [0.25, 0.3) is 0 Å². The molecule has 0 aromatic rings. The molecule has 1 rings (SSSR count). The second-order valence-corrected chi connectivity index (χ2v) is 5.05. The minimum Gasteiger partial charge on any atom is -0.478 e. The van der Waals surface area contributed by atoms with E-state index < -0.39 is 23.7 Å². The largest absolute Gasteiger partial charge is 0.478 e. The van der Waals surface area contributed by atoms with Gasteiger partial charge in [0.05, 0.1) is 7.11 Å². The summed E-state index contributed by atoms with van der Waals surface area (Å²) in [6, 6.07) is -0.596. The Kier molecular flexibility index (Phi) is 5.14. The first kappa shape index (κ1) is 15.3. The summed E-state index contributed by atoms with van der Waals surface area (Å²) in [5.41, 5.74) is -0.526. The number of rotatable bonds is 4. The van der Waals surface area contributed by atoms with Crippen molar-refractivity contribution in [3.05, 3.63) is 0 Å². The number of nitrogens with one attached hydrogen (secondary N) is 1. The van der Waals surface area contributed by atoms with Crippen molar-refractivity contribution in [3.8, 4) is 0 Å². The third-order valence-corrected chi connectivity index (χ3v) is 2.19. The van der Waals surface area contributed by atoms with Crippen LogP contribution in [-0.2, 0) is 19.0 Å². The smallest absolute Gasteiger partial charge is 0.407 e. The Balaban J connectivity index is 2.27. The van der Waals surface area contributed by atoms with E-state index in [4.69, 9.17) is 9.47 Å².